The number of likely N-dealkylation sites (N-methyl/N-ethyl adjacent to an activating group) is 1. The Labute approximate surface area is 118 Å². The van der Waals surface area contributed by atoms with Crippen molar-refractivity contribution in [1.82, 2.24) is 10.2 Å². The fourth-order valence-corrected chi connectivity index (χ4v) is 2.28. The number of hydrogen-bond donors (Lipinski definition) is 1. The molecule has 4 nitrogen and oxygen atoms in total. The van der Waals surface area contributed by atoms with Crippen LogP contribution in [-0.4, -0.2) is 43.6 Å². The van der Waals surface area contributed by atoms with Gasteiger partial charge in [-0.3, -0.25) is 4.79 Å². The Morgan fingerprint density at radius 3 is 3.10 bits per heavy atom. The van der Waals surface area contributed by atoms with Crippen LogP contribution in [0.5, 0.6) is 5.75 Å². The smallest absolute Gasteiger partial charge is 0.223 e. The van der Waals surface area contributed by atoms with E-state index in [4.69, 9.17) is 4.74 Å². The number of nitrogens with zero attached hydrogens (tertiary/aromatic N) is 1. The quantitative estimate of drug-likeness (QED) is 0.864. The van der Waals surface area contributed by atoms with Crippen LogP contribution in [-0.2, 0) is 4.79 Å². The van der Waals surface area contributed by atoms with Crippen LogP contribution >= 0.6 is 0 Å². The van der Waals surface area contributed by atoms with Crippen LogP contribution in [0.2, 0.25) is 0 Å². The van der Waals surface area contributed by atoms with Gasteiger partial charge in [0.1, 0.15) is 18.2 Å². The largest absolute Gasteiger partial charge is 0.492 e. The lowest BCUT2D eigenvalue weighted by atomic mass is 10.1. The molecule has 1 N–H and O–H groups in total. The zero-order chi connectivity index (χ0) is 14.4. The van der Waals surface area contributed by atoms with Gasteiger partial charge in [-0.25, -0.2) is 4.39 Å². The monoisotopic (exact) mass is 280 g/mol. The highest BCUT2D eigenvalue weighted by molar-refractivity contribution is 5.76. The maximum atomic E-state index is 13.0. The lowest BCUT2D eigenvalue weighted by Gasteiger charge is -2.19. The molecule has 0 radical (unpaired) electrons. The standard InChI is InChI=1S/C15H21FN2O2/c1-18(15(19)11-13-5-3-7-17-13)8-9-20-14-6-2-4-12(16)10-14/h2,4,6,10,13,17H,3,5,7-9,11H2,1H3. The first kappa shape index (κ1) is 14.8. The summed E-state index contributed by atoms with van der Waals surface area (Å²) in [6.07, 6.45) is 2.75. The molecule has 1 aliphatic rings. The fourth-order valence-electron chi connectivity index (χ4n) is 2.28. The molecule has 0 bridgehead atoms. The predicted molar refractivity (Wildman–Crippen MR) is 75.2 cm³/mol. The summed E-state index contributed by atoms with van der Waals surface area (Å²) in [6, 6.07) is 6.33. The maximum absolute atomic E-state index is 13.0. The molecule has 1 fully saturated rings. The fraction of sp³-hybridized carbons (Fsp3) is 0.533. The van der Waals surface area contributed by atoms with Crippen molar-refractivity contribution in [1.29, 1.82) is 0 Å². The van der Waals surface area contributed by atoms with Gasteiger partial charge in [-0.1, -0.05) is 6.07 Å². The summed E-state index contributed by atoms with van der Waals surface area (Å²) < 4.78 is 18.4. The van der Waals surface area contributed by atoms with Gasteiger partial charge in [0.15, 0.2) is 0 Å². The lowest BCUT2D eigenvalue weighted by Crippen LogP contribution is -2.35. The number of nitrogens with one attached hydrogen (secondary N) is 1. The van der Waals surface area contributed by atoms with Crippen LogP contribution in [0, 0.1) is 5.82 Å². The number of benzene rings is 1. The summed E-state index contributed by atoms with van der Waals surface area (Å²) in [5.74, 6) is 0.287. The van der Waals surface area contributed by atoms with Crippen molar-refractivity contribution in [2.45, 2.75) is 25.3 Å². The highest BCUT2D eigenvalue weighted by Gasteiger charge is 2.19. The molecular formula is C15H21FN2O2. The number of ether oxygens (including phenoxy) is 1. The molecule has 1 aromatic rings. The van der Waals surface area contributed by atoms with Crippen molar-refractivity contribution >= 4 is 5.91 Å². The number of hydrogen-bond acceptors (Lipinski definition) is 3. The summed E-state index contributed by atoms with van der Waals surface area (Å²) in [7, 11) is 1.77. The first-order valence-corrected chi connectivity index (χ1v) is 7.01. The van der Waals surface area contributed by atoms with E-state index in [1.54, 1.807) is 24.1 Å². The van der Waals surface area contributed by atoms with Crippen LogP contribution in [0.15, 0.2) is 24.3 Å². The van der Waals surface area contributed by atoms with Gasteiger partial charge in [0.25, 0.3) is 0 Å². The highest BCUT2D eigenvalue weighted by Crippen LogP contribution is 2.12. The van der Waals surface area contributed by atoms with Crippen molar-refractivity contribution in [3.05, 3.63) is 30.1 Å². The van der Waals surface area contributed by atoms with Gasteiger partial charge in [-0.15, -0.1) is 0 Å². The normalized spacial score (nSPS) is 18.0. The Kier molecular flexibility index (Phi) is 5.35. The van der Waals surface area contributed by atoms with Gasteiger partial charge in [0, 0.05) is 25.6 Å². The molecule has 0 saturated carbocycles. The molecule has 1 amide bonds. The Balaban J connectivity index is 1.68. The molecule has 2 rings (SSSR count). The molecule has 1 heterocycles. The van der Waals surface area contributed by atoms with Crippen LogP contribution in [0.4, 0.5) is 4.39 Å². The zero-order valence-corrected chi connectivity index (χ0v) is 11.8. The van der Waals surface area contributed by atoms with Gasteiger partial charge < -0.3 is 15.0 Å². The van der Waals surface area contributed by atoms with E-state index in [1.165, 1.54) is 12.1 Å². The van der Waals surface area contributed by atoms with Crippen molar-refractivity contribution in [3.8, 4) is 5.75 Å². The van der Waals surface area contributed by atoms with Crippen molar-refractivity contribution in [2.75, 3.05) is 26.7 Å². The van der Waals surface area contributed by atoms with E-state index in [9.17, 15) is 9.18 Å². The second-order valence-corrected chi connectivity index (χ2v) is 5.12. The molecule has 0 spiro atoms. The topological polar surface area (TPSA) is 41.6 Å². The van der Waals surface area contributed by atoms with Crippen molar-refractivity contribution in [2.24, 2.45) is 0 Å². The van der Waals surface area contributed by atoms with E-state index < -0.39 is 0 Å². The third-order valence-electron chi connectivity index (χ3n) is 3.50. The molecule has 1 unspecified atom stereocenters. The molecule has 5 heteroatoms. The zero-order valence-electron chi connectivity index (χ0n) is 11.8. The van der Waals surface area contributed by atoms with E-state index in [-0.39, 0.29) is 11.7 Å². The van der Waals surface area contributed by atoms with Crippen molar-refractivity contribution < 1.29 is 13.9 Å². The van der Waals surface area contributed by atoms with Crippen LogP contribution < -0.4 is 10.1 Å². The van der Waals surface area contributed by atoms with Crippen LogP contribution in [0.3, 0.4) is 0 Å². The second kappa shape index (κ2) is 7.24. The Morgan fingerprint density at radius 2 is 2.40 bits per heavy atom. The predicted octanol–water partition coefficient (Wildman–Crippen LogP) is 1.80. The third kappa shape index (κ3) is 4.49. The molecular weight excluding hydrogens is 259 g/mol. The summed E-state index contributed by atoms with van der Waals surface area (Å²) in [4.78, 5) is 13.6. The van der Waals surface area contributed by atoms with Gasteiger partial charge in [0.2, 0.25) is 5.91 Å². The van der Waals surface area contributed by atoms with E-state index in [2.05, 4.69) is 5.32 Å². The molecule has 1 atom stereocenters. The van der Waals surface area contributed by atoms with Gasteiger partial charge in [-0.2, -0.15) is 0 Å². The molecule has 110 valence electrons. The Bertz CT molecular complexity index is 447. The van der Waals surface area contributed by atoms with Crippen LogP contribution in [0.25, 0.3) is 0 Å². The summed E-state index contributed by atoms with van der Waals surface area (Å²) in [6.45, 7) is 1.87. The molecule has 0 aliphatic carbocycles. The first-order valence-electron chi connectivity index (χ1n) is 7.01. The van der Waals surface area contributed by atoms with Gasteiger partial charge in [-0.05, 0) is 31.5 Å². The maximum Gasteiger partial charge on any atom is 0.223 e. The lowest BCUT2D eigenvalue weighted by molar-refractivity contribution is -0.130. The molecule has 1 aliphatic heterocycles. The van der Waals surface area contributed by atoms with Crippen LogP contribution in [0.1, 0.15) is 19.3 Å². The molecule has 1 aromatic carbocycles. The number of carbonyl (C=O) groups excluding carboxylic acids is 1. The minimum Gasteiger partial charge on any atom is -0.492 e. The van der Waals surface area contributed by atoms with Gasteiger partial charge >= 0.3 is 0 Å². The SMILES string of the molecule is CN(CCOc1cccc(F)c1)C(=O)CC1CCCN1. The Morgan fingerprint density at radius 1 is 1.55 bits per heavy atom. The van der Waals surface area contributed by atoms with E-state index in [0.29, 0.717) is 31.4 Å². The van der Waals surface area contributed by atoms with E-state index >= 15 is 0 Å². The third-order valence-corrected chi connectivity index (χ3v) is 3.50. The molecule has 20 heavy (non-hydrogen) atoms. The van der Waals surface area contributed by atoms with Crippen molar-refractivity contribution in [3.63, 3.8) is 0 Å². The first-order chi connectivity index (χ1) is 9.65. The van der Waals surface area contributed by atoms with E-state index in [0.717, 1.165) is 19.4 Å². The molecule has 0 aromatic heterocycles. The summed E-state index contributed by atoms with van der Waals surface area (Å²) in [5.41, 5.74) is 0. The van der Waals surface area contributed by atoms with E-state index in [1.807, 2.05) is 0 Å². The minimum atomic E-state index is -0.320. The van der Waals surface area contributed by atoms with Gasteiger partial charge in [0.05, 0.1) is 6.54 Å². The highest BCUT2D eigenvalue weighted by atomic mass is 19.1. The number of carbonyl (C=O) groups is 1. The summed E-state index contributed by atoms with van der Waals surface area (Å²) >= 11 is 0. The Hall–Kier alpha value is -1.62. The average Bonchev–Trinajstić information content (AvgIpc) is 2.91. The number of rotatable bonds is 6. The average molecular weight is 280 g/mol. The number of amides is 1. The minimum absolute atomic E-state index is 0.118. The molecule has 1 saturated heterocycles. The number of halogens is 1. The second-order valence-electron chi connectivity index (χ2n) is 5.12. The summed E-state index contributed by atoms with van der Waals surface area (Å²) in [5, 5.41) is 3.31.